The first-order valence-electron chi connectivity index (χ1n) is 7.94. The first kappa shape index (κ1) is 15.2. The lowest BCUT2D eigenvalue weighted by Gasteiger charge is -2.15. The minimum Gasteiger partial charge on any atom is -0.497 e. The lowest BCUT2D eigenvalue weighted by molar-refractivity contribution is 0.0925. The zero-order chi connectivity index (χ0) is 17.4. The van der Waals surface area contributed by atoms with Crippen LogP contribution in [0.2, 0.25) is 0 Å². The van der Waals surface area contributed by atoms with Gasteiger partial charge in [-0.1, -0.05) is 36.4 Å². The summed E-state index contributed by atoms with van der Waals surface area (Å²) in [5, 5.41) is 0. The number of anilines is 1. The highest BCUT2D eigenvalue weighted by molar-refractivity contribution is 6.34. The van der Waals surface area contributed by atoms with E-state index < -0.39 is 0 Å². The van der Waals surface area contributed by atoms with Gasteiger partial charge in [-0.05, 0) is 17.7 Å². The third kappa shape index (κ3) is 2.59. The Labute approximate surface area is 145 Å². The van der Waals surface area contributed by atoms with Gasteiger partial charge in [0.05, 0.1) is 23.9 Å². The van der Waals surface area contributed by atoms with Crippen LogP contribution >= 0.6 is 0 Å². The highest BCUT2D eigenvalue weighted by Gasteiger charge is 2.38. The number of benzene rings is 2. The first-order valence-corrected chi connectivity index (χ1v) is 7.94. The number of rotatable bonds is 4. The second kappa shape index (κ2) is 5.94. The van der Waals surface area contributed by atoms with E-state index in [1.165, 1.54) is 4.90 Å². The number of imide groups is 1. The highest BCUT2D eigenvalue weighted by atomic mass is 16.5. The molecule has 0 atom stereocenters. The fraction of sp³-hybridized carbons (Fsp3) is 0.100. The largest absolute Gasteiger partial charge is 0.497 e. The van der Waals surface area contributed by atoms with Crippen LogP contribution in [0.4, 0.5) is 5.69 Å². The fourth-order valence-electron chi connectivity index (χ4n) is 3.05. The second-order valence-corrected chi connectivity index (χ2v) is 5.89. The second-order valence-electron chi connectivity index (χ2n) is 5.89. The quantitative estimate of drug-likeness (QED) is 0.689. The van der Waals surface area contributed by atoms with Crippen molar-refractivity contribution >= 4 is 17.5 Å². The van der Waals surface area contributed by atoms with Crippen LogP contribution in [0.25, 0.3) is 0 Å². The van der Waals surface area contributed by atoms with Crippen LogP contribution in [0.1, 0.15) is 26.3 Å². The number of hydrogen-bond acceptors (Lipinski definition) is 3. The number of nitrogens with zero attached hydrogens (tertiary/aromatic N) is 2. The van der Waals surface area contributed by atoms with Gasteiger partial charge in [-0.2, -0.15) is 0 Å². The van der Waals surface area contributed by atoms with E-state index in [0.29, 0.717) is 29.1 Å². The lowest BCUT2D eigenvalue weighted by atomic mass is 10.2. The van der Waals surface area contributed by atoms with Crippen molar-refractivity contribution in [3.8, 4) is 5.75 Å². The minimum atomic E-state index is -0.305. The van der Waals surface area contributed by atoms with Crippen molar-refractivity contribution in [2.45, 2.75) is 6.54 Å². The standard InChI is InChI=1S/C20H16N2O3/c1-25-16-9-5-8-15(10-16)22-19(23)17-12-21(13-18(17)20(22)24)11-14-6-3-2-4-7-14/h2-10,12-13H,11H2,1H3. The molecule has 3 aromatic rings. The Kier molecular flexibility index (Phi) is 3.61. The van der Waals surface area contributed by atoms with Gasteiger partial charge >= 0.3 is 0 Å². The van der Waals surface area contributed by atoms with Crippen LogP contribution in [0.3, 0.4) is 0 Å². The van der Waals surface area contributed by atoms with E-state index in [-0.39, 0.29) is 11.8 Å². The van der Waals surface area contributed by atoms with Crippen LogP contribution in [0, 0.1) is 0 Å². The summed E-state index contributed by atoms with van der Waals surface area (Å²) in [5.74, 6) is -0.0102. The average Bonchev–Trinajstić information content (AvgIpc) is 3.15. The molecule has 0 radical (unpaired) electrons. The Bertz CT molecular complexity index is 927. The summed E-state index contributed by atoms with van der Waals surface area (Å²) in [6.45, 7) is 0.619. The van der Waals surface area contributed by atoms with E-state index in [9.17, 15) is 9.59 Å². The summed E-state index contributed by atoms with van der Waals surface area (Å²) in [6.07, 6.45) is 3.48. The summed E-state index contributed by atoms with van der Waals surface area (Å²) in [6, 6.07) is 16.8. The molecule has 4 rings (SSSR count). The van der Waals surface area contributed by atoms with E-state index in [2.05, 4.69) is 0 Å². The lowest BCUT2D eigenvalue weighted by Crippen LogP contribution is -2.29. The zero-order valence-electron chi connectivity index (χ0n) is 13.7. The van der Waals surface area contributed by atoms with Gasteiger partial charge in [0.15, 0.2) is 0 Å². The van der Waals surface area contributed by atoms with Crippen LogP contribution in [0.5, 0.6) is 5.75 Å². The number of fused-ring (bicyclic) bond motifs is 1. The first-order chi connectivity index (χ1) is 12.2. The smallest absolute Gasteiger partial charge is 0.267 e. The number of amides is 2. The Morgan fingerprint density at radius 2 is 1.56 bits per heavy atom. The van der Waals surface area contributed by atoms with Gasteiger partial charge in [0.1, 0.15) is 5.75 Å². The van der Waals surface area contributed by atoms with Crippen molar-refractivity contribution in [2.75, 3.05) is 12.0 Å². The third-order valence-electron chi connectivity index (χ3n) is 4.27. The molecule has 0 unspecified atom stereocenters. The number of ether oxygens (including phenoxy) is 1. The van der Waals surface area contributed by atoms with Gasteiger partial charge in [0, 0.05) is 25.0 Å². The molecule has 2 amide bonds. The van der Waals surface area contributed by atoms with Crippen molar-refractivity contribution in [1.82, 2.24) is 4.57 Å². The molecule has 2 aromatic carbocycles. The van der Waals surface area contributed by atoms with Gasteiger partial charge in [-0.15, -0.1) is 0 Å². The van der Waals surface area contributed by atoms with Gasteiger partial charge in [-0.25, -0.2) is 4.90 Å². The number of carbonyl (C=O) groups excluding carboxylic acids is 2. The topological polar surface area (TPSA) is 51.5 Å². The molecule has 0 bridgehead atoms. The SMILES string of the molecule is COc1cccc(N2C(=O)c3cn(Cc4ccccc4)cc3C2=O)c1. The molecule has 5 nitrogen and oxygen atoms in total. The molecule has 2 heterocycles. The molecule has 25 heavy (non-hydrogen) atoms. The van der Waals surface area contributed by atoms with E-state index in [4.69, 9.17) is 4.74 Å². The summed E-state index contributed by atoms with van der Waals surface area (Å²) in [7, 11) is 1.55. The molecule has 0 spiro atoms. The number of methoxy groups -OCH3 is 1. The molecule has 124 valence electrons. The van der Waals surface area contributed by atoms with Crippen LogP contribution in [-0.2, 0) is 6.54 Å². The molecule has 5 heteroatoms. The summed E-state index contributed by atoms with van der Waals surface area (Å²) < 4.78 is 7.05. The summed E-state index contributed by atoms with van der Waals surface area (Å²) >= 11 is 0. The zero-order valence-corrected chi connectivity index (χ0v) is 13.7. The molecular weight excluding hydrogens is 316 g/mol. The Balaban J connectivity index is 1.64. The summed E-state index contributed by atoms with van der Waals surface area (Å²) in [5.41, 5.74) is 2.49. The van der Waals surface area contributed by atoms with Crippen LogP contribution < -0.4 is 9.64 Å². The molecule has 1 aliphatic heterocycles. The van der Waals surface area contributed by atoms with Gasteiger partial charge in [-0.3, -0.25) is 9.59 Å². The monoisotopic (exact) mass is 332 g/mol. The van der Waals surface area contributed by atoms with Gasteiger partial charge in [0.25, 0.3) is 11.8 Å². The van der Waals surface area contributed by atoms with E-state index in [1.54, 1.807) is 43.8 Å². The maximum atomic E-state index is 12.7. The summed E-state index contributed by atoms with van der Waals surface area (Å²) in [4.78, 5) is 26.6. The Hall–Kier alpha value is -3.34. The number of carbonyl (C=O) groups is 2. The van der Waals surface area contributed by atoms with Crippen molar-refractivity contribution in [2.24, 2.45) is 0 Å². The van der Waals surface area contributed by atoms with Crippen LogP contribution in [0.15, 0.2) is 67.0 Å². The Morgan fingerprint density at radius 3 is 2.20 bits per heavy atom. The van der Waals surface area contributed by atoms with E-state index >= 15 is 0 Å². The Morgan fingerprint density at radius 1 is 0.880 bits per heavy atom. The van der Waals surface area contributed by atoms with Gasteiger partial charge in [0.2, 0.25) is 0 Å². The number of aromatic nitrogens is 1. The highest BCUT2D eigenvalue weighted by Crippen LogP contribution is 2.31. The predicted octanol–water partition coefficient (Wildman–Crippen LogP) is 3.35. The molecule has 0 aliphatic carbocycles. The van der Waals surface area contributed by atoms with Crippen molar-refractivity contribution in [1.29, 1.82) is 0 Å². The normalized spacial score (nSPS) is 13.2. The molecule has 1 aliphatic rings. The van der Waals surface area contributed by atoms with Crippen LogP contribution in [-0.4, -0.2) is 23.5 Å². The molecule has 1 aromatic heterocycles. The molecule has 0 saturated heterocycles. The molecule has 0 saturated carbocycles. The molecular formula is C20H16N2O3. The van der Waals surface area contributed by atoms with Crippen molar-refractivity contribution in [3.05, 3.63) is 83.7 Å². The third-order valence-corrected chi connectivity index (χ3v) is 4.27. The van der Waals surface area contributed by atoms with Crippen molar-refractivity contribution < 1.29 is 14.3 Å². The number of hydrogen-bond donors (Lipinski definition) is 0. The van der Waals surface area contributed by atoms with E-state index in [0.717, 1.165) is 5.56 Å². The maximum absolute atomic E-state index is 12.7. The minimum absolute atomic E-state index is 0.305. The molecule has 0 fully saturated rings. The van der Waals surface area contributed by atoms with E-state index in [1.807, 2.05) is 34.9 Å². The predicted molar refractivity (Wildman–Crippen MR) is 94.1 cm³/mol. The fourth-order valence-corrected chi connectivity index (χ4v) is 3.05. The van der Waals surface area contributed by atoms with Crippen molar-refractivity contribution in [3.63, 3.8) is 0 Å². The maximum Gasteiger partial charge on any atom is 0.267 e. The molecule has 0 N–H and O–H groups in total. The average molecular weight is 332 g/mol. The van der Waals surface area contributed by atoms with Gasteiger partial charge < -0.3 is 9.30 Å².